The molecule has 0 bridgehead atoms. The average molecular weight is 235 g/mol. The van der Waals surface area contributed by atoms with E-state index in [0.29, 0.717) is 17.6 Å². The fraction of sp³-hybridized carbons (Fsp3) is 0.455. The Morgan fingerprint density at radius 1 is 1.56 bits per heavy atom. The summed E-state index contributed by atoms with van der Waals surface area (Å²) in [7, 11) is 0. The third kappa shape index (κ3) is 1.56. The van der Waals surface area contributed by atoms with Gasteiger partial charge in [-0.3, -0.25) is 0 Å². The van der Waals surface area contributed by atoms with Gasteiger partial charge >= 0.3 is 0 Å². The summed E-state index contributed by atoms with van der Waals surface area (Å²) in [5.41, 5.74) is 6.74. The number of thiophene rings is 1. The second-order valence-electron chi connectivity index (χ2n) is 4.49. The largest absolute Gasteiger partial charge is 0.337 e. The Hall–Kier alpha value is -1.20. The van der Waals surface area contributed by atoms with Crippen LogP contribution in [0, 0.1) is 5.92 Å². The number of aromatic nitrogens is 2. The van der Waals surface area contributed by atoms with Crippen molar-refractivity contribution in [3.8, 4) is 11.4 Å². The third-order valence-electron chi connectivity index (χ3n) is 3.09. The minimum absolute atomic E-state index is 0.471. The molecule has 1 aliphatic rings. The maximum Gasteiger partial charge on any atom is 0.247 e. The highest BCUT2D eigenvalue weighted by Gasteiger charge is 2.43. The Labute approximate surface area is 97.5 Å². The second kappa shape index (κ2) is 3.40. The standard InChI is InChI=1S/C11H13N3OS/c1-11(12,8-2-3-8)10-13-9(14-15-10)7-4-5-16-6-7/h4-6,8H,2-3,12H2,1H3. The quantitative estimate of drug-likeness (QED) is 0.887. The van der Waals surface area contributed by atoms with E-state index in [2.05, 4.69) is 10.1 Å². The van der Waals surface area contributed by atoms with Crippen molar-refractivity contribution in [2.24, 2.45) is 11.7 Å². The maximum atomic E-state index is 6.22. The summed E-state index contributed by atoms with van der Waals surface area (Å²) in [6, 6.07) is 1.98. The predicted molar refractivity (Wildman–Crippen MR) is 61.9 cm³/mol. The van der Waals surface area contributed by atoms with Gasteiger partial charge in [0.15, 0.2) is 0 Å². The Morgan fingerprint density at radius 3 is 3.00 bits per heavy atom. The van der Waals surface area contributed by atoms with Crippen LogP contribution in [0.2, 0.25) is 0 Å². The van der Waals surface area contributed by atoms with Gasteiger partial charge in [0, 0.05) is 10.9 Å². The van der Waals surface area contributed by atoms with E-state index < -0.39 is 5.54 Å². The van der Waals surface area contributed by atoms with Gasteiger partial charge in [0.1, 0.15) is 0 Å². The smallest absolute Gasteiger partial charge is 0.247 e. The lowest BCUT2D eigenvalue weighted by molar-refractivity contribution is 0.273. The molecule has 2 N–H and O–H groups in total. The molecule has 0 spiro atoms. The molecule has 0 amide bonds. The lowest BCUT2D eigenvalue weighted by Crippen LogP contribution is -2.35. The molecule has 0 aromatic carbocycles. The third-order valence-corrected chi connectivity index (χ3v) is 3.77. The molecule has 3 rings (SSSR count). The van der Waals surface area contributed by atoms with Crippen LogP contribution in [0.4, 0.5) is 0 Å². The van der Waals surface area contributed by atoms with E-state index in [-0.39, 0.29) is 0 Å². The van der Waals surface area contributed by atoms with E-state index >= 15 is 0 Å². The van der Waals surface area contributed by atoms with Crippen molar-refractivity contribution >= 4 is 11.3 Å². The summed E-state index contributed by atoms with van der Waals surface area (Å²) in [6.45, 7) is 1.97. The second-order valence-corrected chi connectivity index (χ2v) is 5.27. The normalized spacial score (nSPS) is 19.6. The molecule has 1 fully saturated rings. The van der Waals surface area contributed by atoms with Crippen LogP contribution in [0.3, 0.4) is 0 Å². The van der Waals surface area contributed by atoms with Crippen LogP contribution >= 0.6 is 11.3 Å². The molecule has 5 heteroatoms. The molecule has 4 nitrogen and oxygen atoms in total. The fourth-order valence-corrected chi connectivity index (χ4v) is 2.44. The first-order valence-electron chi connectivity index (χ1n) is 5.33. The van der Waals surface area contributed by atoms with E-state index in [1.807, 2.05) is 23.8 Å². The van der Waals surface area contributed by atoms with Crippen LogP contribution in [-0.2, 0) is 5.54 Å². The number of nitrogens with two attached hydrogens (primary N) is 1. The van der Waals surface area contributed by atoms with Crippen LogP contribution in [0.25, 0.3) is 11.4 Å². The van der Waals surface area contributed by atoms with Crippen molar-refractivity contribution in [3.63, 3.8) is 0 Å². The van der Waals surface area contributed by atoms with Crippen molar-refractivity contribution in [1.29, 1.82) is 0 Å². The van der Waals surface area contributed by atoms with Gasteiger partial charge in [-0.05, 0) is 37.1 Å². The molecule has 1 atom stereocenters. The molecule has 0 radical (unpaired) electrons. The molecule has 1 saturated carbocycles. The summed E-state index contributed by atoms with van der Waals surface area (Å²) < 4.78 is 5.27. The summed E-state index contributed by atoms with van der Waals surface area (Å²) in [5, 5.41) is 7.97. The predicted octanol–water partition coefficient (Wildman–Crippen LogP) is 2.38. The Morgan fingerprint density at radius 2 is 2.38 bits per heavy atom. The zero-order chi connectivity index (χ0) is 11.2. The summed E-state index contributed by atoms with van der Waals surface area (Å²) >= 11 is 1.62. The average Bonchev–Trinajstić information content (AvgIpc) is 2.82. The lowest BCUT2D eigenvalue weighted by Gasteiger charge is -2.18. The van der Waals surface area contributed by atoms with Gasteiger partial charge in [0.2, 0.25) is 11.7 Å². The molecule has 2 aromatic heterocycles. The monoisotopic (exact) mass is 235 g/mol. The van der Waals surface area contributed by atoms with E-state index in [0.717, 1.165) is 18.4 Å². The highest BCUT2D eigenvalue weighted by atomic mass is 32.1. The summed E-state index contributed by atoms with van der Waals surface area (Å²) in [4.78, 5) is 4.39. The Balaban J connectivity index is 1.93. The summed E-state index contributed by atoms with van der Waals surface area (Å²) in [5.74, 6) is 1.67. The Bertz CT molecular complexity index is 485. The number of rotatable bonds is 3. The molecule has 16 heavy (non-hydrogen) atoms. The topological polar surface area (TPSA) is 64.9 Å². The van der Waals surface area contributed by atoms with Crippen molar-refractivity contribution in [3.05, 3.63) is 22.7 Å². The van der Waals surface area contributed by atoms with Crippen molar-refractivity contribution in [1.82, 2.24) is 10.1 Å². The number of hydrogen-bond acceptors (Lipinski definition) is 5. The van der Waals surface area contributed by atoms with Crippen molar-refractivity contribution in [2.45, 2.75) is 25.3 Å². The van der Waals surface area contributed by atoms with Crippen molar-refractivity contribution in [2.75, 3.05) is 0 Å². The van der Waals surface area contributed by atoms with Crippen LogP contribution < -0.4 is 5.73 Å². The van der Waals surface area contributed by atoms with Crippen molar-refractivity contribution < 1.29 is 4.52 Å². The van der Waals surface area contributed by atoms with Crippen LogP contribution in [0.5, 0.6) is 0 Å². The highest BCUT2D eigenvalue weighted by molar-refractivity contribution is 7.08. The molecule has 1 unspecified atom stereocenters. The number of hydrogen-bond donors (Lipinski definition) is 1. The molecular formula is C11H13N3OS. The molecule has 2 heterocycles. The molecule has 1 aliphatic carbocycles. The minimum Gasteiger partial charge on any atom is -0.337 e. The van der Waals surface area contributed by atoms with Gasteiger partial charge in [-0.2, -0.15) is 16.3 Å². The van der Waals surface area contributed by atoms with Gasteiger partial charge < -0.3 is 10.3 Å². The van der Waals surface area contributed by atoms with Gasteiger partial charge in [-0.25, -0.2) is 0 Å². The zero-order valence-electron chi connectivity index (χ0n) is 9.01. The molecule has 84 valence electrons. The van der Waals surface area contributed by atoms with E-state index in [9.17, 15) is 0 Å². The van der Waals surface area contributed by atoms with E-state index in [1.54, 1.807) is 11.3 Å². The molecule has 0 saturated heterocycles. The Kier molecular flexibility index (Phi) is 2.12. The van der Waals surface area contributed by atoms with Gasteiger partial charge in [0.05, 0.1) is 5.54 Å². The van der Waals surface area contributed by atoms with Crippen LogP contribution in [0.1, 0.15) is 25.7 Å². The van der Waals surface area contributed by atoms with Gasteiger partial charge in [-0.1, -0.05) is 5.16 Å². The van der Waals surface area contributed by atoms with Crippen LogP contribution in [0.15, 0.2) is 21.3 Å². The highest BCUT2D eigenvalue weighted by Crippen LogP contribution is 2.43. The van der Waals surface area contributed by atoms with Gasteiger partial charge in [0.25, 0.3) is 0 Å². The van der Waals surface area contributed by atoms with Gasteiger partial charge in [-0.15, -0.1) is 0 Å². The minimum atomic E-state index is -0.471. The lowest BCUT2D eigenvalue weighted by atomic mass is 9.97. The SMILES string of the molecule is CC(N)(c1nc(-c2ccsc2)no1)C1CC1. The number of nitrogens with zero attached hydrogens (tertiary/aromatic N) is 2. The first kappa shape index (κ1) is 9.99. The molecule has 0 aliphatic heterocycles. The first-order valence-corrected chi connectivity index (χ1v) is 6.28. The zero-order valence-corrected chi connectivity index (χ0v) is 9.83. The molecular weight excluding hydrogens is 222 g/mol. The van der Waals surface area contributed by atoms with E-state index in [1.165, 1.54) is 0 Å². The fourth-order valence-electron chi connectivity index (χ4n) is 1.81. The maximum absolute atomic E-state index is 6.22. The van der Waals surface area contributed by atoms with Crippen LogP contribution in [-0.4, -0.2) is 10.1 Å². The molecule has 2 aromatic rings. The summed E-state index contributed by atoms with van der Waals surface area (Å²) in [6.07, 6.45) is 2.31. The van der Waals surface area contributed by atoms with E-state index in [4.69, 9.17) is 10.3 Å². The first-order chi connectivity index (χ1) is 7.68.